The highest BCUT2D eigenvalue weighted by Gasteiger charge is 2.50. The van der Waals surface area contributed by atoms with Crippen molar-refractivity contribution in [1.29, 1.82) is 10.5 Å². The van der Waals surface area contributed by atoms with E-state index in [4.69, 9.17) is 15.1 Å². The zero-order valence-electron chi connectivity index (χ0n) is 32.1. The topological polar surface area (TPSA) is 168 Å². The monoisotopic (exact) mass is 790 g/mol. The number of nitriles is 2. The molecular formula is C39H56Cl2N6O7. The van der Waals surface area contributed by atoms with E-state index >= 15 is 0 Å². The first-order valence-electron chi connectivity index (χ1n) is 17.7. The Bertz CT molecular complexity index is 1500. The maximum atomic E-state index is 12.8. The van der Waals surface area contributed by atoms with E-state index in [0.717, 1.165) is 32.4 Å². The van der Waals surface area contributed by atoms with Gasteiger partial charge >= 0.3 is 11.9 Å². The average molecular weight is 792 g/mol. The normalized spacial score (nSPS) is 15.6. The van der Waals surface area contributed by atoms with Gasteiger partial charge in [-0.3, -0.25) is 24.2 Å². The second-order valence-electron chi connectivity index (χ2n) is 12.4. The molecule has 298 valence electrons. The number of hydrogen-bond acceptors (Lipinski definition) is 11. The van der Waals surface area contributed by atoms with Gasteiger partial charge in [0.2, 0.25) is 11.8 Å². The number of halogens is 2. The summed E-state index contributed by atoms with van der Waals surface area (Å²) < 4.78 is 9.80. The van der Waals surface area contributed by atoms with Crippen molar-refractivity contribution in [3.8, 4) is 12.1 Å². The summed E-state index contributed by atoms with van der Waals surface area (Å²) in [5, 5.41) is 25.6. The average Bonchev–Trinajstić information content (AvgIpc) is 3.21. The number of para-hydroxylation sites is 2. The molecular weight excluding hydrogens is 735 g/mol. The lowest BCUT2D eigenvalue weighted by Crippen LogP contribution is -2.62. The Morgan fingerprint density at radius 1 is 0.722 bits per heavy atom. The van der Waals surface area contributed by atoms with E-state index in [1.165, 1.54) is 14.2 Å². The van der Waals surface area contributed by atoms with Crippen LogP contribution in [0, 0.1) is 22.7 Å². The van der Waals surface area contributed by atoms with Crippen molar-refractivity contribution in [2.45, 2.75) is 76.3 Å². The maximum Gasteiger partial charge on any atom is 0.332 e. The van der Waals surface area contributed by atoms with Gasteiger partial charge in [-0.2, -0.15) is 10.5 Å². The van der Waals surface area contributed by atoms with Crippen molar-refractivity contribution in [3.63, 3.8) is 0 Å². The van der Waals surface area contributed by atoms with Crippen LogP contribution in [-0.4, -0.2) is 110 Å². The van der Waals surface area contributed by atoms with Crippen LogP contribution in [0.25, 0.3) is 0 Å². The Morgan fingerprint density at radius 3 is 1.59 bits per heavy atom. The minimum absolute atomic E-state index is 0. The predicted octanol–water partition coefficient (Wildman–Crippen LogP) is 5.15. The van der Waals surface area contributed by atoms with Crippen LogP contribution in [0.2, 0.25) is 0 Å². The minimum atomic E-state index is -1.04. The van der Waals surface area contributed by atoms with Gasteiger partial charge in [0.15, 0.2) is 0 Å². The third-order valence-corrected chi connectivity index (χ3v) is 9.53. The number of carbonyl (C=O) groups excluding carboxylic acids is 4. The highest BCUT2D eigenvalue weighted by Crippen LogP contribution is 2.36. The summed E-state index contributed by atoms with van der Waals surface area (Å²) in [7, 11) is 3.72. The number of rotatable bonds is 12. The molecule has 54 heavy (non-hydrogen) atoms. The van der Waals surface area contributed by atoms with Gasteiger partial charge in [0.1, 0.15) is 11.1 Å². The SMILES string of the molecule is CCC(=O)N(c1ccccc1)C1(C#N)CCN(CCC#N)CC1.CCC(=O)N(c1ccccc1)C1(C(=O)OC)CCN(CCC(=O)OC)CC1.CO.Cl.Cl. The molecule has 2 heterocycles. The molecule has 0 radical (unpaired) electrons. The molecule has 0 atom stereocenters. The maximum absolute atomic E-state index is 12.8. The summed E-state index contributed by atoms with van der Waals surface area (Å²) in [6.45, 7) is 7.55. The summed E-state index contributed by atoms with van der Waals surface area (Å²) in [6, 6.07) is 23.3. The van der Waals surface area contributed by atoms with E-state index in [1.807, 2.05) is 67.6 Å². The van der Waals surface area contributed by atoms with Gasteiger partial charge in [0.25, 0.3) is 0 Å². The fourth-order valence-electron chi connectivity index (χ4n) is 6.68. The van der Waals surface area contributed by atoms with Crippen LogP contribution in [0.3, 0.4) is 0 Å². The molecule has 2 saturated heterocycles. The van der Waals surface area contributed by atoms with Crippen molar-refractivity contribution < 1.29 is 33.8 Å². The molecule has 2 fully saturated rings. The molecule has 2 aromatic rings. The zero-order valence-corrected chi connectivity index (χ0v) is 33.7. The molecule has 15 heteroatoms. The van der Waals surface area contributed by atoms with Crippen LogP contribution >= 0.6 is 24.8 Å². The number of carbonyl (C=O) groups is 4. The molecule has 2 amide bonds. The van der Waals surface area contributed by atoms with Crippen LogP contribution in [0.5, 0.6) is 0 Å². The molecule has 4 rings (SSSR count). The lowest BCUT2D eigenvalue weighted by atomic mass is 9.84. The minimum Gasteiger partial charge on any atom is -0.469 e. The highest BCUT2D eigenvalue weighted by atomic mass is 35.5. The Balaban J connectivity index is 0.000000970. The Morgan fingerprint density at radius 2 is 1.17 bits per heavy atom. The number of aliphatic hydroxyl groups excluding tert-OH is 1. The van der Waals surface area contributed by atoms with Gasteiger partial charge in [-0.05, 0) is 49.9 Å². The molecule has 0 aliphatic carbocycles. The zero-order chi connectivity index (χ0) is 38.6. The van der Waals surface area contributed by atoms with Crippen LogP contribution in [0.4, 0.5) is 11.4 Å². The van der Waals surface area contributed by atoms with E-state index in [-0.39, 0.29) is 42.6 Å². The first kappa shape index (κ1) is 49.8. The van der Waals surface area contributed by atoms with Crippen molar-refractivity contribution in [2.75, 3.05) is 70.4 Å². The van der Waals surface area contributed by atoms with Crippen LogP contribution in [-0.2, 0) is 28.7 Å². The Labute approximate surface area is 332 Å². The van der Waals surface area contributed by atoms with Crippen molar-refractivity contribution >= 4 is 59.9 Å². The number of hydrogen-bond donors (Lipinski definition) is 1. The smallest absolute Gasteiger partial charge is 0.332 e. The fraction of sp³-hybridized carbons (Fsp3) is 0.538. The summed E-state index contributed by atoms with van der Waals surface area (Å²) >= 11 is 0. The van der Waals surface area contributed by atoms with Crippen LogP contribution < -0.4 is 9.80 Å². The summed E-state index contributed by atoms with van der Waals surface area (Å²) in [5.74, 6) is -0.800. The van der Waals surface area contributed by atoms with E-state index in [0.29, 0.717) is 76.7 Å². The van der Waals surface area contributed by atoms with E-state index in [2.05, 4.69) is 26.7 Å². The number of piperidine rings is 2. The summed E-state index contributed by atoms with van der Waals surface area (Å²) in [6.07, 6.45) is 3.57. The third-order valence-electron chi connectivity index (χ3n) is 9.53. The summed E-state index contributed by atoms with van der Waals surface area (Å²) in [4.78, 5) is 57.2. The number of likely N-dealkylation sites (tertiary alicyclic amines) is 2. The van der Waals surface area contributed by atoms with Gasteiger partial charge in [-0.25, -0.2) is 4.79 Å². The molecule has 0 spiro atoms. The van der Waals surface area contributed by atoms with E-state index in [9.17, 15) is 24.4 Å². The van der Waals surface area contributed by atoms with Gasteiger partial charge in [-0.15, -0.1) is 24.8 Å². The van der Waals surface area contributed by atoms with E-state index < -0.39 is 17.0 Å². The molecule has 1 N–H and O–H groups in total. The Hall–Kier alpha value is -4.24. The lowest BCUT2D eigenvalue weighted by Gasteiger charge is -2.46. The number of nitrogens with zero attached hydrogens (tertiary/aromatic N) is 6. The van der Waals surface area contributed by atoms with Crippen molar-refractivity contribution in [1.82, 2.24) is 9.80 Å². The van der Waals surface area contributed by atoms with Gasteiger partial charge < -0.3 is 24.4 Å². The molecule has 2 aliphatic heterocycles. The number of methoxy groups -OCH3 is 2. The molecule has 2 aliphatic rings. The molecule has 0 unspecified atom stereocenters. The van der Waals surface area contributed by atoms with E-state index in [1.54, 1.807) is 16.7 Å². The number of ether oxygens (including phenoxy) is 2. The molecule has 0 bridgehead atoms. The van der Waals surface area contributed by atoms with Crippen molar-refractivity contribution in [2.24, 2.45) is 0 Å². The van der Waals surface area contributed by atoms with Crippen LogP contribution in [0.1, 0.15) is 65.2 Å². The molecule has 0 saturated carbocycles. The van der Waals surface area contributed by atoms with Gasteiger partial charge in [0, 0.05) is 77.0 Å². The quantitative estimate of drug-likeness (QED) is 0.282. The number of amides is 2. The number of aliphatic hydroxyl groups is 1. The molecule has 2 aromatic carbocycles. The first-order chi connectivity index (χ1) is 25.1. The highest BCUT2D eigenvalue weighted by molar-refractivity contribution is 6.02. The van der Waals surface area contributed by atoms with Crippen LogP contribution in [0.15, 0.2) is 60.7 Å². The van der Waals surface area contributed by atoms with Gasteiger partial charge in [-0.1, -0.05) is 50.2 Å². The summed E-state index contributed by atoms with van der Waals surface area (Å²) in [5.41, 5.74) is -0.355. The van der Waals surface area contributed by atoms with Crippen molar-refractivity contribution in [3.05, 3.63) is 60.7 Å². The molecule has 13 nitrogen and oxygen atoms in total. The number of anilines is 2. The number of esters is 2. The number of benzene rings is 2. The lowest BCUT2D eigenvalue weighted by molar-refractivity contribution is -0.151. The predicted molar refractivity (Wildman–Crippen MR) is 212 cm³/mol. The second-order valence-corrected chi connectivity index (χ2v) is 12.4. The Kier molecular flexibility index (Phi) is 23.7. The fourth-order valence-corrected chi connectivity index (χ4v) is 6.68. The van der Waals surface area contributed by atoms with Gasteiger partial charge in [0.05, 0.1) is 32.8 Å². The second kappa shape index (κ2) is 25.7. The third kappa shape index (κ3) is 13.0. The first-order valence-corrected chi connectivity index (χ1v) is 17.7. The standard InChI is InChI=1S/C20H28N2O5.C18H22N4O.CH4O.2ClH/c1-4-17(23)22(16-8-6-5-7-9-16)20(19(25)27-3)11-14-21(15-12-20)13-10-18(24)26-2;1-2-17(23)22(16-7-4-3-5-8-16)18(15-20)9-13-21(14-10-18)12-6-11-19;1-2;;/h5-9H,4,10-15H2,1-3H3;3-5,7-8H,2,6,9-10,12-14H2,1H3;2H,1H3;2*1H. The molecule has 0 aromatic heterocycles. The largest absolute Gasteiger partial charge is 0.469 e.